The first-order valence-corrected chi connectivity index (χ1v) is 9.02. The average molecular weight is 332 g/mol. The minimum Gasteiger partial charge on any atom is -0.501 e. The van der Waals surface area contributed by atoms with E-state index in [0.717, 1.165) is 18.4 Å². The fourth-order valence-electron chi connectivity index (χ4n) is 5.67. The van der Waals surface area contributed by atoms with Crippen LogP contribution in [0.5, 0.6) is 0 Å². The SMILES string of the molecule is C=C(OC)[C@@]1(C)CC2C(C[C@@H](C)[C@@H]2OC)[C@@]1(O)C1=CC(C)(C)C=C1. The molecule has 24 heavy (non-hydrogen) atoms. The number of hydrogen-bond donors (Lipinski definition) is 1. The molecule has 2 fully saturated rings. The molecule has 3 rings (SSSR count). The number of methoxy groups -OCH3 is 2. The van der Waals surface area contributed by atoms with Crippen molar-refractivity contribution >= 4 is 0 Å². The van der Waals surface area contributed by atoms with Crippen molar-refractivity contribution in [3.8, 4) is 0 Å². The van der Waals surface area contributed by atoms with Gasteiger partial charge in [0, 0.05) is 12.5 Å². The highest BCUT2D eigenvalue weighted by Crippen LogP contribution is 2.66. The van der Waals surface area contributed by atoms with Crippen molar-refractivity contribution in [2.75, 3.05) is 14.2 Å². The summed E-state index contributed by atoms with van der Waals surface area (Å²) in [6, 6.07) is 0. The Hall–Kier alpha value is -1.06. The molecule has 1 N–H and O–H groups in total. The zero-order valence-electron chi connectivity index (χ0n) is 15.9. The average Bonchev–Trinajstić information content (AvgIpc) is 3.11. The standard InChI is InChI=1S/C21H32O3/c1-13-10-17-16(18(13)24-7)12-20(5,14(2)23-6)21(17,22)15-8-9-19(3,4)11-15/h8-9,11,13,16-18,22H,2,10,12H2,1,3-7H3/t13-,16?,17?,18+,20-,21+/m1/s1. The molecule has 3 aliphatic carbocycles. The fraction of sp³-hybridized carbons (Fsp3) is 0.714. The van der Waals surface area contributed by atoms with E-state index >= 15 is 0 Å². The summed E-state index contributed by atoms with van der Waals surface area (Å²) in [6.45, 7) is 12.8. The number of rotatable bonds is 4. The highest BCUT2D eigenvalue weighted by Gasteiger charge is 2.68. The monoisotopic (exact) mass is 332 g/mol. The van der Waals surface area contributed by atoms with Gasteiger partial charge >= 0.3 is 0 Å². The lowest BCUT2D eigenvalue weighted by atomic mass is 9.66. The molecule has 0 radical (unpaired) electrons. The molecule has 0 aromatic carbocycles. The molecule has 3 aliphatic rings. The zero-order chi connectivity index (χ0) is 17.9. The first-order valence-electron chi connectivity index (χ1n) is 9.02. The van der Waals surface area contributed by atoms with E-state index in [1.807, 2.05) is 0 Å². The van der Waals surface area contributed by atoms with Gasteiger partial charge in [-0.2, -0.15) is 0 Å². The van der Waals surface area contributed by atoms with Gasteiger partial charge in [0.25, 0.3) is 0 Å². The minimum absolute atomic E-state index is 0.0245. The lowest BCUT2D eigenvalue weighted by Crippen LogP contribution is -2.49. The maximum Gasteiger partial charge on any atom is 0.105 e. The Balaban J connectivity index is 2.12. The van der Waals surface area contributed by atoms with Gasteiger partial charge in [-0.3, -0.25) is 0 Å². The third-order valence-corrected chi connectivity index (χ3v) is 6.94. The van der Waals surface area contributed by atoms with Gasteiger partial charge < -0.3 is 14.6 Å². The van der Waals surface area contributed by atoms with Gasteiger partial charge in [-0.25, -0.2) is 0 Å². The van der Waals surface area contributed by atoms with Crippen LogP contribution in [0.1, 0.15) is 40.5 Å². The van der Waals surface area contributed by atoms with E-state index < -0.39 is 11.0 Å². The van der Waals surface area contributed by atoms with Gasteiger partial charge in [0.1, 0.15) is 5.60 Å². The third-order valence-electron chi connectivity index (χ3n) is 6.94. The predicted molar refractivity (Wildman–Crippen MR) is 96.4 cm³/mol. The van der Waals surface area contributed by atoms with Crippen LogP contribution in [0.2, 0.25) is 0 Å². The van der Waals surface area contributed by atoms with Crippen LogP contribution in [-0.2, 0) is 9.47 Å². The summed E-state index contributed by atoms with van der Waals surface area (Å²) in [7, 11) is 3.45. The van der Waals surface area contributed by atoms with Crippen molar-refractivity contribution in [3.05, 3.63) is 36.1 Å². The molecule has 3 nitrogen and oxygen atoms in total. The molecule has 0 heterocycles. The van der Waals surface area contributed by atoms with Crippen LogP contribution in [0.25, 0.3) is 0 Å². The Morgan fingerprint density at radius 1 is 1.29 bits per heavy atom. The van der Waals surface area contributed by atoms with E-state index in [4.69, 9.17) is 9.47 Å². The van der Waals surface area contributed by atoms with E-state index in [2.05, 4.69) is 52.5 Å². The van der Waals surface area contributed by atoms with E-state index in [1.165, 1.54) is 0 Å². The Labute approximate surface area is 146 Å². The van der Waals surface area contributed by atoms with Crippen molar-refractivity contribution < 1.29 is 14.6 Å². The second-order valence-electron chi connectivity index (χ2n) is 8.87. The minimum atomic E-state index is -0.962. The lowest BCUT2D eigenvalue weighted by molar-refractivity contribution is -0.0535. The topological polar surface area (TPSA) is 38.7 Å². The van der Waals surface area contributed by atoms with Crippen LogP contribution in [0.15, 0.2) is 36.1 Å². The van der Waals surface area contributed by atoms with Gasteiger partial charge in [0.05, 0.1) is 24.4 Å². The molecule has 134 valence electrons. The summed E-state index contributed by atoms with van der Waals surface area (Å²) in [5.41, 5.74) is -0.477. The van der Waals surface area contributed by atoms with Crippen LogP contribution in [-0.4, -0.2) is 31.0 Å². The summed E-state index contributed by atoms with van der Waals surface area (Å²) < 4.78 is 11.4. The highest BCUT2D eigenvalue weighted by atomic mass is 16.5. The van der Waals surface area contributed by atoms with Gasteiger partial charge in [-0.15, -0.1) is 0 Å². The molecular formula is C21H32O3. The quantitative estimate of drug-likeness (QED) is 0.788. The number of fused-ring (bicyclic) bond motifs is 1. The largest absolute Gasteiger partial charge is 0.501 e. The van der Waals surface area contributed by atoms with Crippen molar-refractivity contribution in [3.63, 3.8) is 0 Å². The second kappa shape index (κ2) is 5.47. The summed E-state index contributed by atoms with van der Waals surface area (Å²) in [5, 5.41) is 12.1. The Bertz CT molecular complexity index is 602. The van der Waals surface area contributed by atoms with Crippen molar-refractivity contribution in [1.29, 1.82) is 0 Å². The Kier molecular flexibility index (Phi) is 4.05. The molecule has 0 aliphatic heterocycles. The van der Waals surface area contributed by atoms with Gasteiger partial charge in [-0.05, 0) is 43.1 Å². The molecule has 0 aromatic heterocycles. The Morgan fingerprint density at radius 2 is 1.96 bits per heavy atom. The number of allylic oxidation sites excluding steroid dienone is 2. The van der Waals surface area contributed by atoms with Crippen molar-refractivity contribution in [1.82, 2.24) is 0 Å². The summed E-state index contributed by atoms with van der Waals surface area (Å²) >= 11 is 0. The van der Waals surface area contributed by atoms with Crippen LogP contribution < -0.4 is 0 Å². The molecule has 2 saturated carbocycles. The molecule has 3 heteroatoms. The van der Waals surface area contributed by atoms with Gasteiger partial charge in [-0.1, -0.05) is 45.6 Å². The summed E-state index contributed by atoms with van der Waals surface area (Å²) in [5.74, 6) is 1.61. The zero-order valence-corrected chi connectivity index (χ0v) is 15.9. The smallest absolute Gasteiger partial charge is 0.105 e. The fourth-order valence-corrected chi connectivity index (χ4v) is 5.67. The molecular weight excluding hydrogens is 300 g/mol. The first kappa shape index (κ1) is 17.8. The maximum absolute atomic E-state index is 12.1. The number of ether oxygens (including phenoxy) is 2. The first-order chi connectivity index (χ1) is 11.1. The maximum atomic E-state index is 12.1. The van der Waals surface area contributed by atoms with E-state index in [0.29, 0.717) is 17.6 Å². The van der Waals surface area contributed by atoms with E-state index in [-0.39, 0.29) is 17.4 Å². The molecule has 0 aromatic rings. The van der Waals surface area contributed by atoms with Crippen LogP contribution in [0.3, 0.4) is 0 Å². The second-order valence-corrected chi connectivity index (χ2v) is 8.87. The number of aliphatic hydroxyl groups is 1. The van der Waals surface area contributed by atoms with E-state index in [1.54, 1.807) is 14.2 Å². The van der Waals surface area contributed by atoms with Crippen molar-refractivity contribution in [2.45, 2.75) is 52.2 Å². The van der Waals surface area contributed by atoms with Gasteiger partial charge in [0.2, 0.25) is 0 Å². The summed E-state index contributed by atoms with van der Waals surface area (Å²) in [6.07, 6.45) is 8.49. The number of hydrogen-bond acceptors (Lipinski definition) is 3. The predicted octanol–water partition coefficient (Wildman–Crippen LogP) is 4.10. The molecule has 0 amide bonds. The molecule has 0 saturated heterocycles. The van der Waals surface area contributed by atoms with E-state index in [9.17, 15) is 5.11 Å². The Morgan fingerprint density at radius 3 is 2.46 bits per heavy atom. The third kappa shape index (κ3) is 2.17. The highest BCUT2D eigenvalue weighted by molar-refractivity contribution is 5.45. The normalized spacial score (nSPS) is 46.0. The molecule has 0 bridgehead atoms. The molecule has 0 spiro atoms. The molecule has 2 unspecified atom stereocenters. The molecule has 6 atom stereocenters. The van der Waals surface area contributed by atoms with Crippen LogP contribution >= 0.6 is 0 Å². The van der Waals surface area contributed by atoms with Crippen LogP contribution in [0, 0.1) is 28.6 Å². The van der Waals surface area contributed by atoms with Gasteiger partial charge in [0.15, 0.2) is 0 Å². The van der Waals surface area contributed by atoms with Crippen molar-refractivity contribution in [2.24, 2.45) is 28.6 Å². The lowest BCUT2D eigenvalue weighted by Gasteiger charge is -2.44. The summed E-state index contributed by atoms with van der Waals surface area (Å²) in [4.78, 5) is 0. The van der Waals surface area contributed by atoms with Crippen LogP contribution in [0.4, 0.5) is 0 Å².